The smallest absolute Gasteiger partial charge is 0.339 e. The lowest BCUT2D eigenvalue weighted by Crippen LogP contribution is -2.35. The lowest BCUT2D eigenvalue weighted by molar-refractivity contribution is -0.385. The lowest BCUT2D eigenvalue weighted by Gasteiger charge is -2.14. The van der Waals surface area contributed by atoms with Gasteiger partial charge in [-0.2, -0.15) is 0 Å². The van der Waals surface area contributed by atoms with Gasteiger partial charge >= 0.3 is 5.97 Å². The highest BCUT2D eigenvalue weighted by atomic mass is 16.7. The van der Waals surface area contributed by atoms with Gasteiger partial charge in [-0.15, -0.1) is 0 Å². The van der Waals surface area contributed by atoms with Crippen LogP contribution in [0.5, 0.6) is 11.5 Å². The van der Waals surface area contributed by atoms with Crippen molar-refractivity contribution in [1.82, 2.24) is 5.32 Å². The number of aryl methyl sites for hydroxylation is 1. The van der Waals surface area contributed by atoms with Crippen LogP contribution in [0.2, 0.25) is 0 Å². The van der Waals surface area contributed by atoms with Gasteiger partial charge in [-0.3, -0.25) is 14.9 Å². The molecule has 1 N–H and O–H groups in total. The van der Waals surface area contributed by atoms with Crippen molar-refractivity contribution in [2.45, 2.75) is 26.5 Å². The van der Waals surface area contributed by atoms with Crippen LogP contribution in [0.3, 0.4) is 0 Å². The number of rotatable bonds is 6. The molecule has 1 amide bonds. The number of carbonyl (C=O) groups is 2. The monoisotopic (exact) mass is 386 g/mol. The fourth-order valence-electron chi connectivity index (χ4n) is 2.60. The average molecular weight is 386 g/mol. The van der Waals surface area contributed by atoms with Gasteiger partial charge in [-0.05, 0) is 37.6 Å². The molecule has 1 atom stereocenters. The van der Waals surface area contributed by atoms with Crippen LogP contribution in [0, 0.1) is 17.0 Å². The van der Waals surface area contributed by atoms with Crippen molar-refractivity contribution in [1.29, 1.82) is 0 Å². The molecule has 0 saturated carbocycles. The highest BCUT2D eigenvalue weighted by Gasteiger charge is 2.21. The summed E-state index contributed by atoms with van der Waals surface area (Å²) in [4.78, 5) is 34.8. The Balaban J connectivity index is 1.57. The Morgan fingerprint density at radius 2 is 1.96 bits per heavy atom. The number of hydrogen-bond acceptors (Lipinski definition) is 7. The highest BCUT2D eigenvalue weighted by molar-refractivity contribution is 5.93. The summed E-state index contributed by atoms with van der Waals surface area (Å²) in [6, 6.07) is 9.30. The maximum atomic E-state index is 12.2. The summed E-state index contributed by atoms with van der Waals surface area (Å²) in [5.41, 5.74) is 1.04. The van der Waals surface area contributed by atoms with Crippen LogP contribution in [0.4, 0.5) is 5.69 Å². The number of fused-ring (bicyclic) bond motifs is 1. The normalized spacial score (nSPS) is 12.9. The van der Waals surface area contributed by atoms with Gasteiger partial charge in [0.15, 0.2) is 17.6 Å². The maximum absolute atomic E-state index is 12.2. The molecule has 9 nitrogen and oxygen atoms in total. The molecule has 1 aliphatic heterocycles. The molecule has 3 rings (SSSR count). The van der Waals surface area contributed by atoms with E-state index in [0.717, 1.165) is 11.6 Å². The van der Waals surface area contributed by atoms with Crippen LogP contribution in [-0.2, 0) is 16.1 Å². The zero-order valence-corrected chi connectivity index (χ0v) is 15.3. The Kier molecular flexibility index (Phi) is 5.44. The SMILES string of the molecule is Cc1ccc(C(=O)OC(C)C(=O)NCc2ccc3c(c2)OCO3)cc1[N+](=O)[O-]. The molecular formula is C19H18N2O7. The number of nitro benzene ring substituents is 1. The van der Waals surface area contributed by atoms with Crippen LogP contribution in [0.25, 0.3) is 0 Å². The molecule has 0 aliphatic carbocycles. The van der Waals surface area contributed by atoms with Crippen molar-refractivity contribution in [2.75, 3.05) is 6.79 Å². The first-order valence-electron chi connectivity index (χ1n) is 8.47. The third-order valence-corrected chi connectivity index (χ3v) is 4.20. The lowest BCUT2D eigenvalue weighted by atomic mass is 10.1. The van der Waals surface area contributed by atoms with Gasteiger partial charge in [0, 0.05) is 18.2 Å². The molecule has 0 fully saturated rings. The van der Waals surface area contributed by atoms with Gasteiger partial charge in [-0.25, -0.2) is 4.79 Å². The number of hydrogen-bond donors (Lipinski definition) is 1. The minimum Gasteiger partial charge on any atom is -0.454 e. The summed E-state index contributed by atoms with van der Waals surface area (Å²) in [7, 11) is 0. The molecule has 0 saturated heterocycles. The standard InChI is InChI=1S/C19H18N2O7/c1-11-3-5-14(8-15(11)21(24)25)19(23)28-12(2)18(22)20-9-13-4-6-16-17(7-13)27-10-26-16/h3-8,12H,9-10H2,1-2H3,(H,20,22). The highest BCUT2D eigenvalue weighted by Crippen LogP contribution is 2.32. The third-order valence-electron chi connectivity index (χ3n) is 4.20. The molecule has 1 unspecified atom stereocenters. The van der Waals surface area contributed by atoms with Gasteiger partial charge in [-0.1, -0.05) is 12.1 Å². The predicted octanol–water partition coefficient (Wildman–Crippen LogP) is 2.49. The van der Waals surface area contributed by atoms with Gasteiger partial charge in [0.2, 0.25) is 6.79 Å². The number of ether oxygens (including phenoxy) is 3. The Labute approximate surface area is 160 Å². The van der Waals surface area contributed by atoms with Crippen LogP contribution in [0.15, 0.2) is 36.4 Å². The minimum atomic E-state index is -1.07. The molecule has 0 bridgehead atoms. The molecule has 146 valence electrons. The molecule has 1 heterocycles. The van der Waals surface area contributed by atoms with Gasteiger partial charge < -0.3 is 19.5 Å². The summed E-state index contributed by atoms with van der Waals surface area (Å²) in [5, 5.41) is 13.7. The van der Waals surface area contributed by atoms with E-state index in [4.69, 9.17) is 14.2 Å². The maximum Gasteiger partial charge on any atom is 0.339 e. The number of esters is 1. The van der Waals surface area contributed by atoms with E-state index in [0.29, 0.717) is 17.1 Å². The van der Waals surface area contributed by atoms with Crippen molar-refractivity contribution in [3.05, 3.63) is 63.2 Å². The van der Waals surface area contributed by atoms with Crippen LogP contribution >= 0.6 is 0 Å². The Morgan fingerprint density at radius 3 is 2.71 bits per heavy atom. The number of carbonyl (C=O) groups excluding carboxylic acids is 2. The molecular weight excluding hydrogens is 368 g/mol. The fraction of sp³-hybridized carbons (Fsp3) is 0.263. The number of amides is 1. The predicted molar refractivity (Wildman–Crippen MR) is 97.1 cm³/mol. The van der Waals surface area contributed by atoms with Crippen molar-refractivity contribution < 1.29 is 28.7 Å². The Hall–Kier alpha value is -3.62. The zero-order valence-electron chi connectivity index (χ0n) is 15.3. The van der Waals surface area contributed by atoms with E-state index in [1.165, 1.54) is 19.1 Å². The summed E-state index contributed by atoms with van der Waals surface area (Å²) in [5.74, 6) is -0.0572. The molecule has 9 heteroatoms. The first-order valence-corrected chi connectivity index (χ1v) is 8.47. The Bertz CT molecular complexity index is 942. The zero-order chi connectivity index (χ0) is 20.3. The minimum absolute atomic E-state index is 0.00715. The van der Waals surface area contributed by atoms with Crippen LogP contribution in [-0.4, -0.2) is 29.7 Å². The van der Waals surface area contributed by atoms with Gasteiger partial charge in [0.05, 0.1) is 10.5 Å². The van der Waals surface area contributed by atoms with E-state index in [-0.39, 0.29) is 24.6 Å². The second-order valence-electron chi connectivity index (χ2n) is 6.21. The first-order chi connectivity index (χ1) is 13.3. The van der Waals surface area contributed by atoms with Crippen molar-refractivity contribution in [2.24, 2.45) is 0 Å². The molecule has 0 aromatic heterocycles. The van der Waals surface area contributed by atoms with Gasteiger partial charge in [0.25, 0.3) is 11.6 Å². The number of nitrogens with one attached hydrogen (secondary N) is 1. The number of benzene rings is 2. The van der Waals surface area contributed by atoms with Gasteiger partial charge in [0.1, 0.15) is 0 Å². The first kappa shape index (κ1) is 19.2. The third kappa shape index (κ3) is 4.20. The van der Waals surface area contributed by atoms with E-state index in [1.54, 1.807) is 25.1 Å². The summed E-state index contributed by atoms with van der Waals surface area (Å²) >= 11 is 0. The molecule has 28 heavy (non-hydrogen) atoms. The van der Waals surface area contributed by atoms with E-state index in [2.05, 4.69) is 5.32 Å². The second-order valence-corrected chi connectivity index (χ2v) is 6.21. The van der Waals surface area contributed by atoms with Crippen molar-refractivity contribution in [3.63, 3.8) is 0 Å². The van der Waals surface area contributed by atoms with E-state index < -0.39 is 22.9 Å². The van der Waals surface area contributed by atoms with Crippen molar-refractivity contribution >= 4 is 17.6 Å². The quantitative estimate of drug-likeness (QED) is 0.460. The topological polar surface area (TPSA) is 117 Å². The average Bonchev–Trinajstić information content (AvgIpc) is 3.13. The summed E-state index contributed by atoms with van der Waals surface area (Å²) < 4.78 is 15.6. The summed E-state index contributed by atoms with van der Waals surface area (Å²) in [6.07, 6.45) is -1.07. The number of nitrogens with zero attached hydrogens (tertiary/aromatic N) is 1. The van der Waals surface area contributed by atoms with Crippen LogP contribution < -0.4 is 14.8 Å². The number of nitro groups is 1. The van der Waals surface area contributed by atoms with Crippen molar-refractivity contribution in [3.8, 4) is 11.5 Å². The molecule has 2 aromatic carbocycles. The largest absolute Gasteiger partial charge is 0.454 e. The van der Waals surface area contributed by atoms with E-state index in [1.807, 2.05) is 0 Å². The molecule has 0 radical (unpaired) electrons. The molecule has 0 spiro atoms. The molecule has 1 aliphatic rings. The van der Waals surface area contributed by atoms with E-state index >= 15 is 0 Å². The summed E-state index contributed by atoms with van der Waals surface area (Å²) in [6.45, 7) is 3.37. The van der Waals surface area contributed by atoms with Crippen LogP contribution in [0.1, 0.15) is 28.4 Å². The molecule has 2 aromatic rings. The fourth-order valence-corrected chi connectivity index (χ4v) is 2.60. The van der Waals surface area contributed by atoms with E-state index in [9.17, 15) is 19.7 Å². The Morgan fingerprint density at radius 1 is 1.21 bits per heavy atom. The second kappa shape index (κ2) is 7.95.